The molecule has 1 rings (SSSR count). The summed E-state index contributed by atoms with van der Waals surface area (Å²) in [6.07, 6.45) is 2.36. The topological polar surface area (TPSA) is 26.3 Å². The Kier molecular flexibility index (Phi) is 15.3. The van der Waals surface area contributed by atoms with Gasteiger partial charge in [-0.2, -0.15) is 0 Å². The summed E-state index contributed by atoms with van der Waals surface area (Å²) in [5.74, 6) is 0.962. The van der Waals surface area contributed by atoms with Crippen LogP contribution in [0.3, 0.4) is 0 Å². The van der Waals surface area contributed by atoms with Crippen LogP contribution in [0.15, 0.2) is 30.3 Å². The fourth-order valence-electron chi connectivity index (χ4n) is 0.986. The van der Waals surface area contributed by atoms with E-state index in [-0.39, 0.29) is 36.9 Å². The maximum Gasteiger partial charge on any atom is 2.00 e. The van der Waals surface area contributed by atoms with Gasteiger partial charge in [0.25, 0.3) is 0 Å². The summed E-state index contributed by atoms with van der Waals surface area (Å²) in [4.78, 5) is 9.93. The third-order valence-electron chi connectivity index (χ3n) is 1.69. The van der Waals surface area contributed by atoms with E-state index in [2.05, 4.69) is 13.8 Å². The second kappa shape index (κ2) is 13.7. The van der Waals surface area contributed by atoms with Crippen LogP contribution in [-0.4, -0.2) is 12.4 Å². The van der Waals surface area contributed by atoms with E-state index in [0.717, 1.165) is 18.6 Å². The molecule has 17 heavy (non-hydrogen) atoms. The molecule has 0 saturated carbocycles. The molecule has 0 atom stereocenters. The maximum absolute atomic E-state index is 9.93. The van der Waals surface area contributed by atoms with Crippen molar-refractivity contribution < 1.29 is 40.6 Å². The van der Waals surface area contributed by atoms with Gasteiger partial charge in [0.05, 0.1) is 6.61 Å². The van der Waals surface area contributed by atoms with Gasteiger partial charge in [-0.05, 0) is 24.3 Å². The fourth-order valence-corrected chi connectivity index (χ4v) is 0.986. The van der Waals surface area contributed by atoms with Crippen molar-refractivity contribution in [3.63, 3.8) is 0 Å². The zero-order valence-electron chi connectivity index (χ0n) is 10.4. The molecule has 1 aromatic rings. The minimum Gasteiger partial charge on any atom is -0.496 e. The first-order valence-electron chi connectivity index (χ1n) is 5.52. The first-order valence-corrected chi connectivity index (χ1v) is 5.52. The molecule has 2 nitrogen and oxygen atoms in total. The summed E-state index contributed by atoms with van der Waals surface area (Å²) in [6, 6.07) is 9.76. The van der Waals surface area contributed by atoms with Crippen LogP contribution in [0.4, 0.5) is 0 Å². The summed E-state index contributed by atoms with van der Waals surface area (Å²) in [7, 11) is 0. The van der Waals surface area contributed by atoms with Gasteiger partial charge < -0.3 is 23.4 Å². The van der Waals surface area contributed by atoms with Crippen molar-refractivity contribution in [3.8, 4) is 5.75 Å². The number of ketones is 1. The largest absolute Gasteiger partial charge is 2.00 e. The molecule has 1 aromatic carbocycles. The number of Topliss-reactive ketones (excluding diaryl/α,β-unsaturated/α-hetero) is 1. The van der Waals surface area contributed by atoms with Crippen LogP contribution in [-0.2, 0) is 4.79 Å². The zero-order valence-corrected chi connectivity index (χ0v) is 14.6. The minimum atomic E-state index is 0. The first-order chi connectivity index (χ1) is 7.70. The number of carbonyl (C=O) groups excluding carboxylic acids is 1. The monoisotopic (exact) mass is 458 g/mol. The maximum atomic E-state index is 9.93. The Labute approximate surface area is 129 Å². The summed E-state index contributed by atoms with van der Waals surface area (Å²) in [5, 5.41) is 0. The predicted octanol–water partition coefficient (Wildman–Crippen LogP) is 3.48. The molecular weight excluding hydrogens is 438 g/mol. The SMILES string of the molecule is [CH2-]C(=O)CCC.[CH2-]CCOc1ccccc1.[U+2]. The Morgan fingerprint density at radius 3 is 2.24 bits per heavy atom. The predicted molar refractivity (Wildman–Crippen MR) is 67.2 cm³/mol. The van der Waals surface area contributed by atoms with Crippen LogP contribution in [0, 0.1) is 45.0 Å². The molecule has 0 heterocycles. The Bertz CT molecular complexity index is 273. The van der Waals surface area contributed by atoms with Gasteiger partial charge in [0.2, 0.25) is 0 Å². The van der Waals surface area contributed by atoms with Gasteiger partial charge in [-0.25, -0.2) is 0 Å². The smallest absolute Gasteiger partial charge is 0.496 e. The molecule has 0 aliphatic heterocycles. The number of rotatable bonds is 5. The molecule has 0 unspecified atom stereocenters. The Morgan fingerprint density at radius 1 is 1.29 bits per heavy atom. The molecule has 0 aliphatic carbocycles. The van der Waals surface area contributed by atoms with Crippen molar-refractivity contribution in [3.05, 3.63) is 44.2 Å². The normalized spacial score (nSPS) is 8.35. The molecule has 0 bridgehead atoms. The average Bonchev–Trinajstić information content (AvgIpc) is 2.28. The molecule has 0 spiro atoms. The molecule has 0 saturated heterocycles. The van der Waals surface area contributed by atoms with E-state index < -0.39 is 0 Å². The molecule has 0 aliphatic rings. The molecule has 92 valence electrons. The van der Waals surface area contributed by atoms with Crippen molar-refractivity contribution in [2.75, 3.05) is 6.61 Å². The van der Waals surface area contributed by atoms with Crippen molar-refractivity contribution >= 4 is 5.78 Å². The van der Waals surface area contributed by atoms with E-state index in [1.807, 2.05) is 37.3 Å². The van der Waals surface area contributed by atoms with Crippen molar-refractivity contribution in [2.45, 2.75) is 26.2 Å². The third-order valence-corrected chi connectivity index (χ3v) is 1.69. The molecule has 0 N–H and O–H groups in total. The summed E-state index contributed by atoms with van der Waals surface area (Å²) in [5.41, 5.74) is 0. The van der Waals surface area contributed by atoms with Gasteiger partial charge in [-0.15, -0.1) is 6.42 Å². The molecule has 3 heteroatoms. The second-order valence-electron chi connectivity index (χ2n) is 3.30. The Balaban J connectivity index is 0. The molecule has 0 amide bonds. The summed E-state index contributed by atoms with van der Waals surface area (Å²) in [6.45, 7) is 9.52. The summed E-state index contributed by atoms with van der Waals surface area (Å²) < 4.78 is 5.29. The van der Waals surface area contributed by atoms with Crippen LogP contribution >= 0.6 is 0 Å². The molecule has 0 aromatic heterocycles. The van der Waals surface area contributed by atoms with Crippen LogP contribution in [0.2, 0.25) is 0 Å². The summed E-state index contributed by atoms with van der Waals surface area (Å²) >= 11 is 0. The van der Waals surface area contributed by atoms with Crippen LogP contribution in [0.1, 0.15) is 26.2 Å². The number of benzene rings is 1. The molecular formula is C14H20O2U. The van der Waals surface area contributed by atoms with Gasteiger partial charge in [-0.3, -0.25) is 0 Å². The Hall–Kier alpha value is -0.388. The molecule has 0 radical (unpaired) electrons. The first kappa shape index (κ1) is 19.0. The number of hydrogen-bond acceptors (Lipinski definition) is 2. The number of para-hydroxylation sites is 1. The van der Waals surface area contributed by atoms with Crippen LogP contribution < -0.4 is 4.74 Å². The van der Waals surface area contributed by atoms with Gasteiger partial charge in [0.1, 0.15) is 5.75 Å². The van der Waals surface area contributed by atoms with E-state index in [0.29, 0.717) is 13.0 Å². The fraction of sp³-hybridized carbons (Fsp3) is 0.357. The second-order valence-corrected chi connectivity index (χ2v) is 3.30. The van der Waals surface area contributed by atoms with Gasteiger partial charge in [-0.1, -0.05) is 31.5 Å². The van der Waals surface area contributed by atoms with Crippen molar-refractivity contribution in [1.82, 2.24) is 0 Å². The van der Waals surface area contributed by atoms with E-state index >= 15 is 0 Å². The average molecular weight is 458 g/mol. The number of hydrogen-bond donors (Lipinski definition) is 0. The number of ether oxygens (including phenoxy) is 1. The van der Waals surface area contributed by atoms with Crippen molar-refractivity contribution in [1.29, 1.82) is 0 Å². The van der Waals surface area contributed by atoms with E-state index in [1.54, 1.807) is 0 Å². The van der Waals surface area contributed by atoms with Gasteiger partial charge in [0, 0.05) is 0 Å². The van der Waals surface area contributed by atoms with E-state index in [9.17, 15) is 4.79 Å². The van der Waals surface area contributed by atoms with Gasteiger partial charge >= 0.3 is 31.1 Å². The van der Waals surface area contributed by atoms with Crippen LogP contribution in [0.25, 0.3) is 0 Å². The minimum absolute atomic E-state index is 0. The third kappa shape index (κ3) is 13.5. The Morgan fingerprint density at radius 2 is 1.88 bits per heavy atom. The van der Waals surface area contributed by atoms with Gasteiger partial charge in [0.15, 0.2) is 0 Å². The number of carbonyl (C=O) groups is 1. The quantitative estimate of drug-likeness (QED) is 0.632. The standard InChI is InChI=1S/C9H11O.C5H9O.U/c1-2-8-10-9-6-4-3-5-7-9;1-3-4-5(2)6;/h3-7H,1-2,8H2;2-4H2,1H3;/q2*-1;+2. The van der Waals surface area contributed by atoms with E-state index in [4.69, 9.17) is 4.74 Å². The molecule has 0 fully saturated rings. The van der Waals surface area contributed by atoms with E-state index in [1.165, 1.54) is 0 Å². The zero-order chi connectivity index (χ0) is 12.2. The van der Waals surface area contributed by atoms with Crippen LogP contribution in [0.5, 0.6) is 5.75 Å². The van der Waals surface area contributed by atoms with Crippen molar-refractivity contribution in [2.24, 2.45) is 0 Å².